The first-order valence-electron chi connectivity index (χ1n) is 6.96. The SMILES string of the molecule is COc1ccc(OC)c(NC(=O)CN(C)Cc2ccc(Cl)s2)c1. The van der Waals surface area contributed by atoms with Gasteiger partial charge >= 0.3 is 0 Å². The highest BCUT2D eigenvalue weighted by molar-refractivity contribution is 7.16. The zero-order valence-corrected chi connectivity index (χ0v) is 14.8. The summed E-state index contributed by atoms with van der Waals surface area (Å²) in [4.78, 5) is 15.3. The van der Waals surface area contributed by atoms with E-state index in [1.165, 1.54) is 11.3 Å². The van der Waals surface area contributed by atoms with Gasteiger partial charge in [-0.2, -0.15) is 0 Å². The number of amides is 1. The summed E-state index contributed by atoms with van der Waals surface area (Å²) in [6, 6.07) is 9.09. The molecule has 1 aromatic heterocycles. The summed E-state index contributed by atoms with van der Waals surface area (Å²) in [5.41, 5.74) is 0.587. The van der Waals surface area contributed by atoms with E-state index in [0.717, 1.165) is 9.21 Å². The molecule has 0 spiro atoms. The van der Waals surface area contributed by atoms with Gasteiger partial charge in [-0.25, -0.2) is 0 Å². The lowest BCUT2D eigenvalue weighted by Crippen LogP contribution is -2.29. The number of rotatable bonds is 7. The molecule has 0 aliphatic carbocycles. The maximum atomic E-state index is 12.2. The lowest BCUT2D eigenvalue weighted by molar-refractivity contribution is -0.117. The Morgan fingerprint density at radius 2 is 2.04 bits per heavy atom. The number of anilines is 1. The van der Waals surface area contributed by atoms with Crippen LogP contribution in [-0.2, 0) is 11.3 Å². The first-order chi connectivity index (χ1) is 11.0. The van der Waals surface area contributed by atoms with Gasteiger partial charge in [0.05, 0.1) is 30.8 Å². The van der Waals surface area contributed by atoms with Crippen molar-refractivity contribution < 1.29 is 14.3 Å². The van der Waals surface area contributed by atoms with Gasteiger partial charge in [-0.3, -0.25) is 9.69 Å². The molecule has 0 aliphatic rings. The molecule has 2 rings (SSSR count). The van der Waals surface area contributed by atoms with E-state index in [1.807, 2.05) is 24.1 Å². The van der Waals surface area contributed by atoms with Gasteiger partial charge in [-0.05, 0) is 31.3 Å². The summed E-state index contributed by atoms with van der Waals surface area (Å²) < 4.78 is 11.2. The highest BCUT2D eigenvalue weighted by Gasteiger charge is 2.12. The normalized spacial score (nSPS) is 10.7. The number of ether oxygens (including phenoxy) is 2. The first kappa shape index (κ1) is 17.6. The first-order valence-corrected chi connectivity index (χ1v) is 8.16. The third-order valence-electron chi connectivity index (χ3n) is 3.15. The average Bonchev–Trinajstić information content (AvgIpc) is 2.91. The molecule has 7 heteroatoms. The van der Waals surface area contributed by atoms with Crippen molar-refractivity contribution in [1.82, 2.24) is 4.90 Å². The molecule has 0 bridgehead atoms. The Morgan fingerprint density at radius 1 is 1.26 bits per heavy atom. The Kier molecular flexibility index (Phi) is 6.27. The summed E-state index contributed by atoms with van der Waals surface area (Å²) in [5, 5.41) is 2.85. The second-order valence-corrected chi connectivity index (χ2v) is 6.79. The number of methoxy groups -OCH3 is 2. The largest absolute Gasteiger partial charge is 0.497 e. The number of hydrogen-bond acceptors (Lipinski definition) is 5. The highest BCUT2D eigenvalue weighted by atomic mass is 35.5. The molecule has 0 saturated carbocycles. The van der Waals surface area contributed by atoms with Gasteiger partial charge in [0.25, 0.3) is 0 Å². The minimum atomic E-state index is -0.123. The number of likely N-dealkylation sites (N-methyl/N-ethyl adjacent to an activating group) is 1. The molecular formula is C16H19ClN2O3S. The van der Waals surface area contributed by atoms with Crippen LogP contribution in [-0.4, -0.2) is 38.6 Å². The summed E-state index contributed by atoms with van der Waals surface area (Å²) in [6.45, 7) is 0.927. The predicted octanol–water partition coefficient (Wildman–Crippen LogP) is 3.49. The topological polar surface area (TPSA) is 50.8 Å². The minimum Gasteiger partial charge on any atom is -0.497 e. The lowest BCUT2D eigenvalue weighted by Gasteiger charge is -2.16. The molecular weight excluding hydrogens is 336 g/mol. The van der Waals surface area contributed by atoms with E-state index in [2.05, 4.69) is 5.32 Å². The summed E-state index contributed by atoms with van der Waals surface area (Å²) in [5.74, 6) is 1.12. The van der Waals surface area contributed by atoms with Crippen LogP contribution < -0.4 is 14.8 Å². The van der Waals surface area contributed by atoms with Crippen LogP contribution in [0.5, 0.6) is 11.5 Å². The molecule has 2 aromatic rings. The average molecular weight is 355 g/mol. The standard InChI is InChI=1S/C16H19ClN2O3S/c1-19(9-12-5-7-15(17)23-12)10-16(20)18-13-8-11(21-2)4-6-14(13)22-3/h4-8H,9-10H2,1-3H3,(H,18,20). The van der Waals surface area contributed by atoms with Gasteiger partial charge in [0, 0.05) is 17.5 Å². The summed E-state index contributed by atoms with van der Waals surface area (Å²) >= 11 is 7.43. The quantitative estimate of drug-likeness (QED) is 0.827. The lowest BCUT2D eigenvalue weighted by atomic mass is 10.2. The molecule has 0 aliphatic heterocycles. The van der Waals surface area contributed by atoms with Crippen molar-refractivity contribution >= 4 is 34.5 Å². The van der Waals surface area contributed by atoms with E-state index in [1.54, 1.807) is 32.4 Å². The van der Waals surface area contributed by atoms with Crippen LogP contribution in [0.3, 0.4) is 0 Å². The third-order valence-corrected chi connectivity index (χ3v) is 4.36. The van der Waals surface area contributed by atoms with Crippen LogP contribution in [0.15, 0.2) is 30.3 Å². The molecule has 0 atom stereocenters. The maximum absolute atomic E-state index is 12.2. The number of benzene rings is 1. The van der Waals surface area contributed by atoms with Crippen molar-refractivity contribution in [1.29, 1.82) is 0 Å². The Bertz CT molecular complexity index is 675. The molecule has 1 heterocycles. The maximum Gasteiger partial charge on any atom is 0.238 e. The van der Waals surface area contributed by atoms with Gasteiger partial charge in [0.2, 0.25) is 5.91 Å². The van der Waals surface area contributed by atoms with Gasteiger partial charge in [-0.15, -0.1) is 11.3 Å². The Balaban J connectivity index is 1.96. The van der Waals surface area contributed by atoms with Crippen LogP contribution in [0.25, 0.3) is 0 Å². The van der Waals surface area contributed by atoms with E-state index >= 15 is 0 Å². The number of nitrogens with one attached hydrogen (secondary N) is 1. The molecule has 0 fully saturated rings. The minimum absolute atomic E-state index is 0.123. The molecule has 5 nitrogen and oxygen atoms in total. The monoisotopic (exact) mass is 354 g/mol. The zero-order chi connectivity index (χ0) is 16.8. The number of hydrogen-bond donors (Lipinski definition) is 1. The fourth-order valence-corrected chi connectivity index (χ4v) is 3.27. The highest BCUT2D eigenvalue weighted by Crippen LogP contribution is 2.29. The Labute approximate surface area is 144 Å². The van der Waals surface area contributed by atoms with Gasteiger partial charge in [0.1, 0.15) is 11.5 Å². The fourth-order valence-electron chi connectivity index (χ4n) is 2.11. The van der Waals surface area contributed by atoms with E-state index in [0.29, 0.717) is 23.7 Å². The van der Waals surface area contributed by atoms with Crippen LogP contribution in [0.4, 0.5) is 5.69 Å². The number of nitrogens with zero attached hydrogens (tertiary/aromatic N) is 1. The van der Waals surface area contributed by atoms with Crippen LogP contribution in [0.2, 0.25) is 4.34 Å². The van der Waals surface area contributed by atoms with E-state index in [9.17, 15) is 4.79 Å². The molecule has 0 radical (unpaired) electrons. The molecule has 1 N–H and O–H groups in total. The molecule has 1 aromatic carbocycles. The molecule has 23 heavy (non-hydrogen) atoms. The predicted molar refractivity (Wildman–Crippen MR) is 93.8 cm³/mol. The van der Waals surface area contributed by atoms with Crippen molar-refractivity contribution in [2.45, 2.75) is 6.54 Å². The molecule has 0 unspecified atom stereocenters. The zero-order valence-electron chi connectivity index (χ0n) is 13.3. The second-order valence-electron chi connectivity index (χ2n) is 4.99. The molecule has 1 amide bonds. The van der Waals surface area contributed by atoms with Crippen molar-refractivity contribution in [2.24, 2.45) is 0 Å². The third kappa shape index (κ3) is 5.13. The Morgan fingerprint density at radius 3 is 2.65 bits per heavy atom. The van der Waals surface area contributed by atoms with Crippen molar-refractivity contribution in [3.63, 3.8) is 0 Å². The molecule has 124 valence electrons. The van der Waals surface area contributed by atoms with Gasteiger partial charge in [0.15, 0.2) is 0 Å². The van der Waals surface area contributed by atoms with E-state index < -0.39 is 0 Å². The van der Waals surface area contributed by atoms with E-state index in [-0.39, 0.29) is 12.5 Å². The van der Waals surface area contributed by atoms with Crippen LogP contribution >= 0.6 is 22.9 Å². The van der Waals surface area contributed by atoms with Gasteiger partial charge < -0.3 is 14.8 Å². The fraction of sp³-hybridized carbons (Fsp3) is 0.312. The van der Waals surface area contributed by atoms with Crippen molar-refractivity contribution in [2.75, 3.05) is 33.1 Å². The van der Waals surface area contributed by atoms with Crippen LogP contribution in [0.1, 0.15) is 4.88 Å². The second kappa shape index (κ2) is 8.19. The molecule has 0 saturated heterocycles. The van der Waals surface area contributed by atoms with Gasteiger partial charge in [-0.1, -0.05) is 11.6 Å². The number of halogens is 1. The smallest absolute Gasteiger partial charge is 0.238 e. The number of thiophene rings is 1. The summed E-state index contributed by atoms with van der Waals surface area (Å²) in [7, 11) is 5.02. The van der Waals surface area contributed by atoms with E-state index in [4.69, 9.17) is 21.1 Å². The van der Waals surface area contributed by atoms with Crippen LogP contribution in [0, 0.1) is 0 Å². The van der Waals surface area contributed by atoms with Crippen molar-refractivity contribution in [3.8, 4) is 11.5 Å². The number of carbonyl (C=O) groups excluding carboxylic acids is 1. The Hall–Kier alpha value is -1.76. The number of carbonyl (C=O) groups is 1. The van der Waals surface area contributed by atoms with Crippen molar-refractivity contribution in [3.05, 3.63) is 39.5 Å². The summed E-state index contributed by atoms with van der Waals surface area (Å²) in [6.07, 6.45) is 0.